The molecule has 0 spiro atoms. The van der Waals surface area contributed by atoms with E-state index in [2.05, 4.69) is 40.6 Å². The Kier molecular flexibility index (Phi) is 6.45. The van der Waals surface area contributed by atoms with E-state index in [0.29, 0.717) is 17.8 Å². The van der Waals surface area contributed by atoms with Crippen LogP contribution >= 0.6 is 0 Å². The zero-order valence-corrected chi connectivity index (χ0v) is 16.4. The Morgan fingerprint density at radius 2 is 2.11 bits per heavy atom. The van der Waals surface area contributed by atoms with Crippen LogP contribution in [0.2, 0.25) is 0 Å². The van der Waals surface area contributed by atoms with Crippen LogP contribution in [0.1, 0.15) is 56.3 Å². The van der Waals surface area contributed by atoms with Gasteiger partial charge in [0.2, 0.25) is 5.95 Å². The molecule has 1 fully saturated rings. The number of carbonyl (C=O) groups is 1. The van der Waals surface area contributed by atoms with Gasteiger partial charge in [0.15, 0.2) is 12.4 Å². The highest BCUT2D eigenvalue weighted by Gasteiger charge is 2.21. The van der Waals surface area contributed by atoms with E-state index in [-0.39, 0.29) is 12.5 Å². The summed E-state index contributed by atoms with van der Waals surface area (Å²) in [7, 11) is 1.80. The summed E-state index contributed by atoms with van der Waals surface area (Å²) in [6.07, 6.45) is 3.06. The smallest absolute Gasteiger partial charge is 0.264 e. The van der Waals surface area contributed by atoms with Gasteiger partial charge in [-0.15, -0.1) is 0 Å². The number of piperidine rings is 1. The van der Waals surface area contributed by atoms with Crippen LogP contribution in [0.15, 0.2) is 24.3 Å². The summed E-state index contributed by atoms with van der Waals surface area (Å²) in [5.41, 5.74) is 1.12. The first-order valence-electron chi connectivity index (χ1n) is 9.71. The van der Waals surface area contributed by atoms with Crippen molar-refractivity contribution >= 4 is 11.9 Å². The lowest BCUT2D eigenvalue weighted by Gasteiger charge is -2.19. The summed E-state index contributed by atoms with van der Waals surface area (Å²) in [4.78, 5) is 16.9. The number of hydrogen-bond acceptors (Lipinski definition) is 5. The number of aromatic nitrogens is 3. The fraction of sp³-hybridized carbons (Fsp3) is 0.550. The maximum Gasteiger partial charge on any atom is 0.264 e. The van der Waals surface area contributed by atoms with Gasteiger partial charge in [-0.1, -0.05) is 32.0 Å². The maximum absolute atomic E-state index is 12.3. The molecule has 1 aliphatic heterocycles. The van der Waals surface area contributed by atoms with Crippen molar-refractivity contribution in [3.05, 3.63) is 35.7 Å². The number of anilines is 1. The fourth-order valence-electron chi connectivity index (χ4n) is 3.31. The molecule has 1 aromatic heterocycles. The lowest BCUT2D eigenvalue weighted by Crippen LogP contribution is -2.27. The van der Waals surface area contributed by atoms with E-state index in [1.54, 1.807) is 11.7 Å². The molecule has 1 amide bonds. The van der Waals surface area contributed by atoms with Crippen molar-refractivity contribution in [2.75, 3.05) is 25.0 Å². The van der Waals surface area contributed by atoms with Crippen molar-refractivity contribution < 1.29 is 9.53 Å². The Bertz CT molecular complexity index is 767. The molecule has 0 aliphatic carbocycles. The van der Waals surface area contributed by atoms with Gasteiger partial charge in [0.1, 0.15) is 5.75 Å². The third-order valence-electron chi connectivity index (χ3n) is 5.16. The van der Waals surface area contributed by atoms with Crippen molar-refractivity contribution in [1.29, 1.82) is 0 Å². The van der Waals surface area contributed by atoms with E-state index in [9.17, 15) is 4.79 Å². The number of para-hydroxylation sites is 1. The Balaban J connectivity index is 1.59. The molecule has 1 unspecified atom stereocenters. The minimum Gasteiger partial charge on any atom is -0.483 e. The SMILES string of the molecule is CCC(C)c1ccccc1OCC(=O)Nc1nc(C2CCNCC2)nn1C. The monoisotopic (exact) mass is 371 g/mol. The maximum atomic E-state index is 12.3. The summed E-state index contributed by atoms with van der Waals surface area (Å²) < 4.78 is 7.41. The average Bonchev–Trinajstić information content (AvgIpc) is 3.07. The highest BCUT2D eigenvalue weighted by Crippen LogP contribution is 2.28. The van der Waals surface area contributed by atoms with Crippen molar-refractivity contribution in [2.45, 2.75) is 44.9 Å². The number of ether oxygens (including phenoxy) is 1. The van der Waals surface area contributed by atoms with Crippen molar-refractivity contribution in [3.63, 3.8) is 0 Å². The molecule has 1 atom stereocenters. The van der Waals surface area contributed by atoms with Crippen molar-refractivity contribution in [3.8, 4) is 5.75 Å². The van der Waals surface area contributed by atoms with Crippen LogP contribution in [-0.2, 0) is 11.8 Å². The zero-order valence-electron chi connectivity index (χ0n) is 16.4. The Morgan fingerprint density at radius 3 is 2.85 bits per heavy atom. The number of nitrogens with zero attached hydrogens (tertiary/aromatic N) is 3. The van der Waals surface area contributed by atoms with Crippen LogP contribution in [-0.4, -0.2) is 40.4 Å². The fourth-order valence-corrected chi connectivity index (χ4v) is 3.31. The normalized spacial score (nSPS) is 16.1. The second kappa shape index (κ2) is 8.99. The molecule has 2 N–H and O–H groups in total. The first kappa shape index (κ1) is 19.4. The summed E-state index contributed by atoms with van der Waals surface area (Å²) in [5.74, 6) is 2.53. The van der Waals surface area contributed by atoms with E-state index in [1.165, 1.54) is 0 Å². The van der Waals surface area contributed by atoms with Gasteiger partial charge in [-0.05, 0) is 49.9 Å². The van der Waals surface area contributed by atoms with Gasteiger partial charge in [-0.3, -0.25) is 10.1 Å². The molecule has 1 saturated heterocycles. The zero-order chi connectivity index (χ0) is 19.2. The van der Waals surface area contributed by atoms with E-state index in [4.69, 9.17) is 4.74 Å². The second-order valence-electron chi connectivity index (χ2n) is 7.13. The van der Waals surface area contributed by atoms with Crippen molar-refractivity contribution in [2.24, 2.45) is 7.05 Å². The predicted octanol–water partition coefficient (Wildman–Crippen LogP) is 2.81. The molecule has 0 bridgehead atoms. The van der Waals surface area contributed by atoms with Gasteiger partial charge >= 0.3 is 0 Å². The Hall–Kier alpha value is -2.41. The number of rotatable bonds is 7. The molecule has 2 heterocycles. The van der Waals surface area contributed by atoms with Crippen LogP contribution in [0, 0.1) is 0 Å². The van der Waals surface area contributed by atoms with Gasteiger partial charge in [0.05, 0.1) is 0 Å². The number of carbonyl (C=O) groups excluding carboxylic acids is 1. The van der Waals surface area contributed by atoms with Crippen LogP contribution in [0.5, 0.6) is 5.75 Å². The molecule has 0 saturated carbocycles. The highest BCUT2D eigenvalue weighted by molar-refractivity contribution is 5.90. The number of amides is 1. The van der Waals surface area contributed by atoms with Gasteiger partial charge in [0.25, 0.3) is 5.91 Å². The summed E-state index contributed by atoms with van der Waals surface area (Å²) in [6, 6.07) is 7.88. The lowest BCUT2D eigenvalue weighted by molar-refractivity contribution is -0.118. The summed E-state index contributed by atoms with van der Waals surface area (Å²) in [5, 5.41) is 10.6. The molecule has 3 rings (SSSR count). The van der Waals surface area contributed by atoms with Gasteiger partial charge < -0.3 is 10.1 Å². The first-order valence-corrected chi connectivity index (χ1v) is 9.71. The predicted molar refractivity (Wildman–Crippen MR) is 105 cm³/mol. The number of hydrogen-bond donors (Lipinski definition) is 2. The molecular weight excluding hydrogens is 342 g/mol. The first-order chi connectivity index (χ1) is 13.1. The molecule has 7 heteroatoms. The minimum absolute atomic E-state index is 0.0526. The number of aryl methyl sites for hydroxylation is 1. The molecule has 7 nitrogen and oxygen atoms in total. The molecule has 1 aromatic carbocycles. The molecule has 27 heavy (non-hydrogen) atoms. The number of nitrogens with one attached hydrogen (secondary N) is 2. The Morgan fingerprint density at radius 1 is 1.37 bits per heavy atom. The van der Waals surface area contributed by atoms with E-state index in [0.717, 1.165) is 49.5 Å². The summed E-state index contributed by atoms with van der Waals surface area (Å²) >= 11 is 0. The quantitative estimate of drug-likeness (QED) is 0.782. The molecular formula is C20H29N5O2. The molecule has 1 aliphatic rings. The second-order valence-corrected chi connectivity index (χ2v) is 7.13. The molecule has 2 aromatic rings. The minimum atomic E-state index is -0.235. The summed E-state index contributed by atoms with van der Waals surface area (Å²) in [6.45, 7) is 6.21. The van der Waals surface area contributed by atoms with Gasteiger partial charge in [-0.25, -0.2) is 4.68 Å². The molecule has 146 valence electrons. The standard InChI is InChI=1S/C20H29N5O2/c1-4-14(2)16-7-5-6-8-17(16)27-13-18(26)22-20-23-19(24-25(20)3)15-9-11-21-12-10-15/h5-8,14-15,21H,4,9-13H2,1-3H3,(H,22,23,24,26). The van der Waals surface area contributed by atoms with E-state index >= 15 is 0 Å². The third kappa shape index (κ3) is 4.86. The Labute approximate surface area is 160 Å². The van der Waals surface area contributed by atoms with Crippen molar-refractivity contribution in [1.82, 2.24) is 20.1 Å². The van der Waals surface area contributed by atoms with Crippen LogP contribution < -0.4 is 15.4 Å². The third-order valence-corrected chi connectivity index (χ3v) is 5.16. The largest absolute Gasteiger partial charge is 0.483 e. The average molecular weight is 371 g/mol. The van der Waals surface area contributed by atoms with Crippen LogP contribution in [0.3, 0.4) is 0 Å². The topological polar surface area (TPSA) is 81.1 Å². The van der Waals surface area contributed by atoms with E-state index < -0.39 is 0 Å². The van der Waals surface area contributed by atoms with E-state index in [1.807, 2.05) is 18.2 Å². The lowest BCUT2D eigenvalue weighted by atomic mass is 9.98. The van der Waals surface area contributed by atoms with Gasteiger partial charge in [0, 0.05) is 13.0 Å². The highest BCUT2D eigenvalue weighted by atomic mass is 16.5. The van der Waals surface area contributed by atoms with Gasteiger partial charge in [-0.2, -0.15) is 10.1 Å². The van der Waals surface area contributed by atoms with Crippen LogP contribution in [0.4, 0.5) is 5.95 Å². The number of benzene rings is 1. The molecule has 0 radical (unpaired) electrons. The van der Waals surface area contributed by atoms with Crippen LogP contribution in [0.25, 0.3) is 0 Å².